The van der Waals surface area contributed by atoms with Gasteiger partial charge in [0.1, 0.15) is 11.4 Å². The van der Waals surface area contributed by atoms with Crippen LogP contribution in [-0.4, -0.2) is 22.4 Å². The molecular weight excluding hydrogens is 228 g/mol. The Kier molecular flexibility index (Phi) is 2.84. The van der Waals surface area contributed by atoms with Crippen LogP contribution in [0.15, 0.2) is 36.8 Å². The lowest BCUT2D eigenvalue weighted by Crippen LogP contribution is -2.18. The van der Waals surface area contributed by atoms with Crippen molar-refractivity contribution in [2.75, 3.05) is 6.61 Å². The molecule has 0 saturated carbocycles. The average molecular weight is 242 g/mol. The largest absolute Gasteiger partial charge is 0.493 e. The van der Waals surface area contributed by atoms with E-state index in [4.69, 9.17) is 4.74 Å². The first-order valence-electron chi connectivity index (χ1n) is 6.05. The third-order valence-corrected chi connectivity index (χ3v) is 3.29. The van der Waals surface area contributed by atoms with E-state index in [1.807, 2.05) is 22.8 Å². The molecule has 0 spiro atoms. The van der Waals surface area contributed by atoms with E-state index in [1.165, 1.54) is 5.56 Å². The number of aromatic nitrogens is 2. The van der Waals surface area contributed by atoms with Gasteiger partial charge in [0.15, 0.2) is 6.29 Å². The molecule has 1 aliphatic rings. The van der Waals surface area contributed by atoms with Crippen LogP contribution in [0.2, 0.25) is 0 Å². The highest BCUT2D eigenvalue weighted by Gasteiger charge is 2.21. The molecule has 0 aliphatic carbocycles. The first-order chi connectivity index (χ1) is 8.86. The number of carbonyl (C=O) groups is 1. The van der Waals surface area contributed by atoms with E-state index in [1.54, 1.807) is 12.5 Å². The third kappa shape index (κ3) is 2.01. The van der Waals surface area contributed by atoms with E-state index >= 15 is 0 Å². The fraction of sp³-hybridized carbons (Fsp3) is 0.286. The van der Waals surface area contributed by atoms with Crippen molar-refractivity contribution in [3.05, 3.63) is 48.0 Å². The summed E-state index contributed by atoms with van der Waals surface area (Å²) in [5, 5.41) is 0. The number of benzene rings is 1. The maximum atomic E-state index is 10.6. The van der Waals surface area contributed by atoms with Crippen LogP contribution in [0.5, 0.6) is 5.75 Å². The Morgan fingerprint density at radius 1 is 1.44 bits per heavy atom. The van der Waals surface area contributed by atoms with Crippen molar-refractivity contribution in [2.24, 2.45) is 0 Å². The second-order valence-corrected chi connectivity index (χ2v) is 4.49. The van der Waals surface area contributed by atoms with Gasteiger partial charge in [-0.2, -0.15) is 0 Å². The van der Waals surface area contributed by atoms with Crippen molar-refractivity contribution >= 4 is 6.29 Å². The van der Waals surface area contributed by atoms with Gasteiger partial charge in [0.25, 0.3) is 0 Å². The van der Waals surface area contributed by atoms with Crippen molar-refractivity contribution in [2.45, 2.75) is 18.9 Å². The molecule has 1 aromatic carbocycles. The molecule has 1 atom stereocenters. The number of hydrogen-bond donors (Lipinski definition) is 0. The molecule has 0 amide bonds. The Balaban J connectivity index is 1.83. The fourth-order valence-corrected chi connectivity index (χ4v) is 2.40. The predicted octanol–water partition coefficient (Wildman–Crippen LogP) is 2.26. The van der Waals surface area contributed by atoms with Crippen LogP contribution >= 0.6 is 0 Å². The molecule has 0 bridgehead atoms. The quantitative estimate of drug-likeness (QED) is 0.775. The van der Waals surface area contributed by atoms with Crippen LogP contribution in [-0.2, 0) is 6.54 Å². The van der Waals surface area contributed by atoms with Gasteiger partial charge in [0.05, 0.1) is 12.9 Å². The predicted molar refractivity (Wildman–Crippen MR) is 66.9 cm³/mol. The fourth-order valence-electron chi connectivity index (χ4n) is 2.40. The van der Waals surface area contributed by atoms with Crippen LogP contribution < -0.4 is 4.74 Å². The molecule has 1 unspecified atom stereocenters. The number of ether oxygens (including phenoxy) is 1. The van der Waals surface area contributed by atoms with Crippen LogP contribution in [0.1, 0.15) is 28.4 Å². The number of para-hydroxylation sites is 1. The minimum atomic E-state index is 0.420. The summed E-state index contributed by atoms with van der Waals surface area (Å²) in [5.74, 6) is 1.40. The highest BCUT2D eigenvalue weighted by molar-refractivity contribution is 5.70. The van der Waals surface area contributed by atoms with Crippen LogP contribution in [0.4, 0.5) is 0 Å². The molecule has 0 N–H and O–H groups in total. The second-order valence-electron chi connectivity index (χ2n) is 4.49. The molecule has 2 heterocycles. The first-order valence-corrected chi connectivity index (χ1v) is 6.05. The maximum Gasteiger partial charge on any atom is 0.169 e. The summed E-state index contributed by atoms with van der Waals surface area (Å²) in [6.45, 7) is 1.58. The lowest BCUT2D eigenvalue weighted by molar-refractivity contribution is 0.111. The Morgan fingerprint density at radius 2 is 2.33 bits per heavy atom. The van der Waals surface area contributed by atoms with Gasteiger partial charge in [-0.1, -0.05) is 18.2 Å². The molecule has 3 rings (SSSR count). The summed E-state index contributed by atoms with van der Waals surface area (Å²) < 4.78 is 7.61. The van der Waals surface area contributed by atoms with Gasteiger partial charge in [0.2, 0.25) is 0 Å². The zero-order chi connectivity index (χ0) is 12.4. The molecule has 0 fully saturated rings. The zero-order valence-corrected chi connectivity index (χ0v) is 9.95. The minimum Gasteiger partial charge on any atom is -0.493 e. The normalized spacial score (nSPS) is 17.9. The van der Waals surface area contributed by atoms with Crippen molar-refractivity contribution in [1.82, 2.24) is 9.55 Å². The summed E-state index contributed by atoms with van der Waals surface area (Å²) in [7, 11) is 0. The lowest BCUT2D eigenvalue weighted by Gasteiger charge is -2.25. The summed E-state index contributed by atoms with van der Waals surface area (Å²) in [5.41, 5.74) is 1.72. The van der Waals surface area contributed by atoms with E-state index in [0.717, 1.165) is 31.6 Å². The molecule has 1 aromatic heterocycles. The number of rotatable bonds is 3. The van der Waals surface area contributed by atoms with E-state index < -0.39 is 0 Å². The van der Waals surface area contributed by atoms with Crippen LogP contribution in [0.25, 0.3) is 0 Å². The topological polar surface area (TPSA) is 44.1 Å². The molecule has 2 aromatic rings. The van der Waals surface area contributed by atoms with Gasteiger partial charge >= 0.3 is 0 Å². The zero-order valence-electron chi connectivity index (χ0n) is 9.95. The Labute approximate surface area is 105 Å². The summed E-state index contributed by atoms with van der Waals surface area (Å²) in [4.78, 5) is 14.6. The molecule has 0 radical (unpaired) electrons. The summed E-state index contributed by atoms with van der Waals surface area (Å²) >= 11 is 0. The number of aldehydes is 1. The third-order valence-electron chi connectivity index (χ3n) is 3.29. The van der Waals surface area contributed by atoms with Gasteiger partial charge in [-0.3, -0.25) is 4.79 Å². The summed E-state index contributed by atoms with van der Waals surface area (Å²) in [6.07, 6.45) is 5.26. The number of nitrogens with zero attached hydrogens (tertiary/aromatic N) is 2. The van der Waals surface area contributed by atoms with Gasteiger partial charge < -0.3 is 9.30 Å². The molecular formula is C14H14N2O2. The van der Waals surface area contributed by atoms with Crippen molar-refractivity contribution in [3.63, 3.8) is 0 Å². The average Bonchev–Trinajstić information content (AvgIpc) is 2.87. The van der Waals surface area contributed by atoms with Gasteiger partial charge in [-0.05, 0) is 18.1 Å². The Morgan fingerprint density at radius 3 is 3.17 bits per heavy atom. The van der Waals surface area contributed by atoms with Crippen LogP contribution in [0, 0.1) is 0 Å². The Hall–Kier alpha value is -2.10. The molecule has 0 saturated heterocycles. The van der Waals surface area contributed by atoms with Crippen molar-refractivity contribution in [3.8, 4) is 5.75 Å². The summed E-state index contributed by atoms with van der Waals surface area (Å²) in [6, 6.07) is 8.14. The standard InChI is InChI=1S/C14H14N2O2/c17-9-12-8-16(10-15-12)7-11-5-6-18-14-4-2-1-3-13(11)14/h1-4,8-11H,5-7H2. The van der Waals surface area contributed by atoms with Crippen LogP contribution in [0.3, 0.4) is 0 Å². The second kappa shape index (κ2) is 4.64. The maximum absolute atomic E-state index is 10.6. The monoisotopic (exact) mass is 242 g/mol. The number of fused-ring (bicyclic) bond motifs is 1. The number of hydrogen-bond acceptors (Lipinski definition) is 3. The molecule has 4 heteroatoms. The SMILES string of the molecule is O=Cc1cn(CC2CCOc3ccccc32)cn1. The smallest absolute Gasteiger partial charge is 0.169 e. The molecule has 92 valence electrons. The molecule has 1 aliphatic heterocycles. The number of carbonyl (C=O) groups excluding carboxylic acids is 1. The van der Waals surface area contributed by atoms with Gasteiger partial charge in [-0.15, -0.1) is 0 Å². The molecule has 4 nitrogen and oxygen atoms in total. The van der Waals surface area contributed by atoms with E-state index in [2.05, 4.69) is 11.1 Å². The minimum absolute atomic E-state index is 0.420. The van der Waals surface area contributed by atoms with E-state index in [-0.39, 0.29) is 0 Å². The van der Waals surface area contributed by atoms with E-state index in [9.17, 15) is 4.79 Å². The van der Waals surface area contributed by atoms with Crippen molar-refractivity contribution in [1.29, 1.82) is 0 Å². The van der Waals surface area contributed by atoms with Crippen molar-refractivity contribution < 1.29 is 9.53 Å². The molecule has 18 heavy (non-hydrogen) atoms. The van der Waals surface area contributed by atoms with Gasteiger partial charge in [-0.25, -0.2) is 4.98 Å². The number of imidazole rings is 1. The Bertz CT molecular complexity index is 562. The first kappa shape index (κ1) is 11.0. The highest BCUT2D eigenvalue weighted by atomic mass is 16.5. The van der Waals surface area contributed by atoms with E-state index in [0.29, 0.717) is 11.6 Å². The highest BCUT2D eigenvalue weighted by Crippen LogP contribution is 2.34. The lowest BCUT2D eigenvalue weighted by atomic mass is 9.93. The van der Waals surface area contributed by atoms with Gasteiger partial charge in [0, 0.05) is 18.7 Å².